The van der Waals surface area contributed by atoms with Crippen molar-refractivity contribution in [3.63, 3.8) is 0 Å². The Bertz CT molecular complexity index is 1110. The van der Waals surface area contributed by atoms with Gasteiger partial charge in [0.2, 0.25) is 6.79 Å². The highest BCUT2D eigenvalue weighted by Crippen LogP contribution is 2.33. The fraction of sp³-hybridized carbons (Fsp3) is 0.0909. The van der Waals surface area contributed by atoms with Crippen LogP contribution in [0, 0.1) is 0 Å². The Balaban J connectivity index is 1.47. The van der Waals surface area contributed by atoms with Gasteiger partial charge in [0.05, 0.1) is 0 Å². The van der Waals surface area contributed by atoms with Crippen molar-refractivity contribution in [2.75, 3.05) is 12.1 Å². The first kappa shape index (κ1) is 15.6. The van der Waals surface area contributed by atoms with E-state index in [1.165, 1.54) is 0 Å². The third-order valence-corrected chi connectivity index (χ3v) is 4.63. The molecule has 1 aromatic heterocycles. The molecule has 0 fully saturated rings. The molecular weight excluding hydrogens is 338 g/mol. The molecule has 0 aliphatic carbocycles. The van der Waals surface area contributed by atoms with Gasteiger partial charge in [-0.05, 0) is 17.7 Å². The Hall–Kier alpha value is -3.60. The summed E-state index contributed by atoms with van der Waals surface area (Å²) < 4.78 is 10.8. The van der Waals surface area contributed by atoms with Crippen LogP contribution in [0.3, 0.4) is 0 Å². The van der Waals surface area contributed by atoms with Gasteiger partial charge in [0.15, 0.2) is 17.3 Å². The molecule has 4 aromatic rings. The van der Waals surface area contributed by atoms with Crippen molar-refractivity contribution in [1.29, 1.82) is 0 Å². The van der Waals surface area contributed by atoms with Crippen molar-refractivity contribution >= 4 is 16.6 Å². The number of fused-ring (bicyclic) bond motifs is 2. The van der Waals surface area contributed by atoms with E-state index >= 15 is 0 Å². The Labute approximate surface area is 156 Å². The van der Waals surface area contributed by atoms with Crippen LogP contribution < -0.4 is 14.8 Å². The fourth-order valence-corrected chi connectivity index (χ4v) is 3.28. The summed E-state index contributed by atoms with van der Waals surface area (Å²) in [6.07, 6.45) is 0. The summed E-state index contributed by atoms with van der Waals surface area (Å²) in [5.74, 6) is 2.34. The van der Waals surface area contributed by atoms with Crippen LogP contribution in [0.4, 0.5) is 5.82 Å². The lowest BCUT2D eigenvalue weighted by Crippen LogP contribution is -2.04. The third kappa shape index (κ3) is 2.93. The van der Waals surface area contributed by atoms with Crippen LogP contribution >= 0.6 is 0 Å². The predicted octanol–water partition coefficient (Wildman–Crippen LogP) is 4.64. The zero-order valence-electron chi connectivity index (χ0n) is 14.6. The van der Waals surface area contributed by atoms with Gasteiger partial charge in [0.25, 0.3) is 0 Å². The van der Waals surface area contributed by atoms with Crippen molar-refractivity contribution in [2.24, 2.45) is 0 Å². The van der Waals surface area contributed by atoms with Crippen LogP contribution in [0.1, 0.15) is 5.56 Å². The maximum Gasteiger partial charge on any atom is 0.231 e. The van der Waals surface area contributed by atoms with Crippen LogP contribution in [-0.2, 0) is 6.54 Å². The highest BCUT2D eigenvalue weighted by atomic mass is 16.7. The molecule has 1 N–H and O–H groups in total. The van der Waals surface area contributed by atoms with Crippen molar-refractivity contribution in [2.45, 2.75) is 6.54 Å². The summed E-state index contributed by atoms with van der Waals surface area (Å²) >= 11 is 0. The monoisotopic (exact) mass is 355 g/mol. The van der Waals surface area contributed by atoms with E-state index in [2.05, 4.69) is 39.8 Å². The quantitative estimate of drug-likeness (QED) is 0.578. The zero-order valence-corrected chi connectivity index (χ0v) is 14.6. The average Bonchev–Trinajstić information content (AvgIpc) is 3.20. The number of anilines is 1. The summed E-state index contributed by atoms with van der Waals surface area (Å²) in [7, 11) is 0. The van der Waals surface area contributed by atoms with Crippen molar-refractivity contribution in [3.05, 3.63) is 78.4 Å². The maximum atomic E-state index is 5.45. The standard InChI is InChI=1S/C22H17N3O2/c1-2-6-16(7-3-1)21-17-8-4-5-9-18(17)22(25-24-21)23-13-15-10-11-19-20(12-15)27-14-26-19/h1-12H,13-14H2,(H,23,25). The summed E-state index contributed by atoms with van der Waals surface area (Å²) in [5.41, 5.74) is 3.04. The number of nitrogens with one attached hydrogen (secondary N) is 1. The van der Waals surface area contributed by atoms with Crippen LogP contribution in [0.15, 0.2) is 72.8 Å². The highest BCUT2D eigenvalue weighted by Gasteiger charge is 2.14. The fourth-order valence-electron chi connectivity index (χ4n) is 3.28. The number of benzene rings is 3. The molecule has 5 heteroatoms. The van der Waals surface area contributed by atoms with E-state index in [9.17, 15) is 0 Å². The van der Waals surface area contributed by atoms with E-state index in [0.717, 1.165) is 44.9 Å². The zero-order chi connectivity index (χ0) is 18.1. The van der Waals surface area contributed by atoms with Crippen LogP contribution in [0.25, 0.3) is 22.0 Å². The normalized spacial score (nSPS) is 12.3. The number of hydrogen-bond donors (Lipinski definition) is 1. The van der Waals surface area contributed by atoms with Crippen molar-refractivity contribution in [3.8, 4) is 22.8 Å². The van der Waals surface area contributed by atoms with Gasteiger partial charge < -0.3 is 14.8 Å². The second kappa shape index (κ2) is 6.61. The van der Waals surface area contributed by atoms with Gasteiger partial charge in [-0.2, -0.15) is 0 Å². The lowest BCUT2D eigenvalue weighted by molar-refractivity contribution is 0.174. The van der Waals surface area contributed by atoms with E-state index in [1.807, 2.05) is 48.5 Å². The molecule has 0 bridgehead atoms. The average molecular weight is 355 g/mol. The summed E-state index contributed by atoms with van der Waals surface area (Å²) in [6.45, 7) is 0.906. The highest BCUT2D eigenvalue weighted by molar-refractivity contribution is 5.99. The van der Waals surface area contributed by atoms with E-state index < -0.39 is 0 Å². The van der Waals surface area contributed by atoms with Crippen molar-refractivity contribution < 1.29 is 9.47 Å². The lowest BCUT2D eigenvalue weighted by atomic mass is 10.0. The molecule has 132 valence electrons. The Morgan fingerprint density at radius 3 is 2.44 bits per heavy atom. The van der Waals surface area contributed by atoms with Gasteiger partial charge in [-0.15, -0.1) is 10.2 Å². The molecule has 3 aromatic carbocycles. The number of ether oxygens (including phenoxy) is 2. The molecule has 5 nitrogen and oxygen atoms in total. The Kier molecular flexibility index (Phi) is 3.83. The second-order valence-electron chi connectivity index (χ2n) is 6.35. The SMILES string of the molecule is c1ccc(-c2nnc(NCc3ccc4c(c3)OCO4)c3ccccc23)cc1. The molecule has 0 amide bonds. The summed E-state index contributed by atoms with van der Waals surface area (Å²) in [5, 5.41) is 14.5. The van der Waals surface area contributed by atoms with E-state index in [0.29, 0.717) is 6.54 Å². The van der Waals surface area contributed by atoms with Gasteiger partial charge in [0.1, 0.15) is 5.69 Å². The third-order valence-electron chi connectivity index (χ3n) is 4.63. The summed E-state index contributed by atoms with van der Waals surface area (Å²) in [4.78, 5) is 0. The van der Waals surface area contributed by atoms with Gasteiger partial charge in [-0.3, -0.25) is 0 Å². The summed E-state index contributed by atoms with van der Waals surface area (Å²) in [6, 6.07) is 24.3. The molecule has 0 radical (unpaired) electrons. The predicted molar refractivity (Wildman–Crippen MR) is 105 cm³/mol. The smallest absolute Gasteiger partial charge is 0.231 e. The molecule has 0 saturated heterocycles. The molecule has 1 aliphatic rings. The first-order chi connectivity index (χ1) is 13.4. The van der Waals surface area contributed by atoms with Crippen LogP contribution in [0.5, 0.6) is 11.5 Å². The van der Waals surface area contributed by atoms with Gasteiger partial charge in [-0.25, -0.2) is 0 Å². The molecule has 2 heterocycles. The van der Waals surface area contributed by atoms with Gasteiger partial charge in [-0.1, -0.05) is 60.7 Å². The number of hydrogen-bond acceptors (Lipinski definition) is 5. The Morgan fingerprint density at radius 1 is 0.778 bits per heavy atom. The minimum atomic E-state index is 0.281. The minimum Gasteiger partial charge on any atom is -0.454 e. The largest absolute Gasteiger partial charge is 0.454 e. The number of rotatable bonds is 4. The van der Waals surface area contributed by atoms with E-state index in [-0.39, 0.29) is 6.79 Å². The lowest BCUT2D eigenvalue weighted by Gasteiger charge is -2.11. The Morgan fingerprint density at radius 2 is 1.56 bits per heavy atom. The molecule has 0 spiro atoms. The molecule has 0 atom stereocenters. The number of nitrogens with zero attached hydrogens (tertiary/aromatic N) is 2. The molecular formula is C22H17N3O2. The van der Waals surface area contributed by atoms with E-state index in [4.69, 9.17) is 9.47 Å². The van der Waals surface area contributed by atoms with Crippen molar-refractivity contribution in [1.82, 2.24) is 10.2 Å². The molecule has 5 rings (SSSR count). The topological polar surface area (TPSA) is 56.3 Å². The van der Waals surface area contributed by atoms with Crippen LogP contribution in [-0.4, -0.2) is 17.0 Å². The van der Waals surface area contributed by atoms with E-state index in [1.54, 1.807) is 0 Å². The molecule has 27 heavy (non-hydrogen) atoms. The van der Waals surface area contributed by atoms with Gasteiger partial charge >= 0.3 is 0 Å². The van der Waals surface area contributed by atoms with Crippen LogP contribution in [0.2, 0.25) is 0 Å². The molecule has 0 saturated carbocycles. The first-order valence-corrected chi connectivity index (χ1v) is 8.82. The van der Waals surface area contributed by atoms with Gasteiger partial charge in [0, 0.05) is 22.9 Å². The number of aromatic nitrogens is 2. The maximum absolute atomic E-state index is 5.45. The first-order valence-electron chi connectivity index (χ1n) is 8.82. The molecule has 1 aliphatic heterocycles. The molecule has 0 unspecified atom stereocenters. The second-order valence-corrected chi connectivity index (χ2v) is 6.35. The minimum absolute atomic E-state index is 0.281.